The number of benzene rings is 1. The summed E-state index contributed by atoms with van der Waals surface area (Å²) in [6.07, 6.45) is 4.25. The van der Waals surface area contributed by atoms with Crippen LogP contribution in [0.25, 0.3) is 0 Å². The Morgan fingerprint density at radius 1 is 1.55 bits per heavy atom. The molecule has 2 atom stereocenters. The van der Waals surface area contributed by atoms with Crippen LogP contribution in [0.2, 0.25) is 0 Å². The molecule has 1 aromatic carbocycles. The first kappa shape index (κ1) is 14.9. The van der Waals surface area contributed by atoms with Gasteiger partial charge in [0.05, 0.1) is 18.6 Å². The summed E-state index contributed by atoms with van der Waals surface area (Å²) < 4.78 is 0. The number of nitrogen functional groups attached to an aromatic ring is 1. The molecule has 2 rings (SSSR count). The molecule has 0 aromatic heterocycles. The summed E-state index contributed by atoms with van der Waals surface area (Å²) in [5.74, 6) is 0.502. The first-order chi connectivity index (χ1) is 9.53. The minimum Gasteiger partial charge on any atom is -0.399 e. The molecule has 0 saturated heterocycles. The van der Waals surface area contributed by atoms with Gasteiger partial charge in [0.25, 0.3) is 0 Å². The monoisotopic (exact) mass is 276 g/mol. The highest BCUT2D eigenvalue weighted by Gasteiger charge is 2.35. The van der Waals surface area contributed by atoms with Crippen molar-refractivity contribution in [1.29, 1.82) is 0 Å². The lowest BCUT2D eigenvalue weighted by atomic mass is 9.76. The van der Waals surface area contributed by atoms with E-state index in [0.29, 0.717) is 18.0 Å². The molecular weight excluding hydrogens is 252 g/mol. The van der Waals surface area contributed by atoms with Crippen molar-refractivity contribution in [3.63, 3.8) is 0 Å². The number of aliphatic hydroxyl groups excluding tert-OH is 1. The summed E-state index contributed by atoms with van der Waals surface area (Å²) >= 11 is 0. The average molecular weight is 276 g/mol. The third kappa shape index (κ3) is 3.73. The minimum atomic E-state index is -0.435. The Hall–Kier alpha value is -1.55. The zero-order chi connectivity index (χ0) is 14.6. The Labute approximate surface area is 120 Å². The normalized spacial score (nSPS) is 26.2. The summed E-state index contributed by atoms with van der Waals surface area (Å²) in [7, 11) is 0. The Morgan fingerprint density at radius 2 is 2.35 bits per heavy atom. The van der Waals surface area contributed by atoms with Crippen LogP contribution >= 0.6 is 0 Å². The van der Waals surface area contributed by atoms with E-state index in [-0.39, 0.29) is 12.5 Å². The standard InChI is InChI=1S/C16H24N2O2/c1-12-4-3-7-16(10-12,11-19)18-15(20)9-13-5-2-6-14(17)8-13/h2,5-6,8,12,19H,3-4,7,9-11,17H2,1H3,(H,18,20). The summed E-state index contributed by atoms with van der Waals surface area (Å²) in [4.78, 5) is 12.2. The molecule has 2 unspecified atom stereocenters. The van der Waals surface area contributed by atoms with Crippen molar-refractivity contribution in [1.82, 2.24) is 5.32 Å². The van der Waals surface area contributed by atoms with Crippen LogP contribution in [0, 0.1) is 5.92 Å². The number of amides is 1. The van der Waals surface area contributed by atoms with Gasteiger partial charge in [0.2, 0.25) is 5.91 Å². The van der Waals surface area contributed by atoms with Crippen LogP contribution in [-0.4, -0.2) is 23.2 Å². The minimum absolute atomic E-state index is 0.0139. The number of rotatable bonds is 4. The highest BCUT2D eigenvalue weighted by molar-refractivity contribution is 5.79. The molecule has 4 heteroatoms. The lowest BCUT2D eigenvalue weighted by Crippen LogP contribution is -2.54. The van der Waals surface area contributed by atoms with E-state index in [9.17, 15) is 9.90 Å². The molecule has 0 aliphatic heterocycles. The first-order valence-electron chi connectivity index (χ1n) is 7.29. The van der Waals surface area contributed by atoms with Gasteiger partial charge in [0.1, 0.15) is 0 Å². The predicted molar refractivity (Wildman–Crippen MR) is 80.1 cm³/mol. The Balaban J connectivity index is 1.99. The van der Waals surface area contributed by atoms with Crippen molar-refractivity contribution < 1.29 is 9.90 Å². The van der Waals surface area contributed by atoms with Gasteiger partial charge in [-0.1, -0.05) is 31.9 Å². The quantitative estimate of drug-likeness (QED) is 0.735. The number of nitrogens with one attached hydrogen (secondary N) is 1. The Morgan fingerprint density at radius 3 is 3.00 bits per heavy atom. The predicted octanol–water partition coefficient (Wildman–Crippen LogP) is 1.87. The van der Waals surface area contributed by atoms with E-state index >= 15 is 0 Å². The van der Waals surface area contributed by atoms with E-state index < -0.39 is 5.54 Å². The second-order valence-corrected chi connectivity index (χ2v) is 6.11. The van der Waals surface area contributed by atoms with Gasteiger partial charge in [-0.15, -0.1) is 0 Å². The first-order valence-corrected chi connectivity index (χ1v) is 7.29. The molecular formula is C16H24N2O2. The van der Waals surface area contributed by atoms with Crippen LogP contribution in [0.4, 0.5) is 5.69 Å². The average Bonchev–Trinajstić information content (AvgIpc) is 2.38. The van der Waals surface area contributed by atoms with Gasteiger partial charge < -0.3 is 16.2 Å². The molecule has 110 valence electrons. The van der Waals surface area contributed by atoms with Crippen molar-refractivity contribution in [2.75, 3.05) is 12.3 Å². The SMILES string of the molecule is CC1CCCC(CO)(NC(=O)Cc2cccc(N)c2)C1. The van der Waals surface area contributed by atoms with E-state index in [1.54, 1.807) is 6.07 Å². The van der Waals surface area contributed by atoms with Crippen molar-refractivity contribution in [2.24, 2.45) is 5.92 Å². The van der Waals surface area contributed by atoms with Crippen molar-refractivity contribution >= 4 is 11.6 Å². The molecule has 4 N–H and O–H groups in total. The van der Waals surface area contributed by atoms with Crippen LogP contribution in [0.5, 0.6) is 0 Å². The number of hydrogen-bond donors (Lipinski definition) is 3. The summed E-state index contributed by atoms with van der Waals surface area (Å²) in [6.45, 7) is 2.19. The third-order valence-corrected chi connectivity index (χ3v) is 4.11. The smallest absolute Gasteiger partial charge is 0.224 e. The van der Waals surface area contributed by atoms with E-state index in [2.05, 4.69) is 12.2 Å². The molecule has 1 aliphatic carbocycles. The highest BCUT2D eigenvalue weighted by Crippen LogP contribution is 2.32. The highest BCUT2D eigenvalue weighted by atomic mass is 16.3. The van der Waals surface area contributed by atoms with Crippen LogP contribution in [0.15, 0.2) is 24.3 Å². The number of aliphatic hydroxyl groups is 1. The van der Waals surface area contributed by atoms with Gasteiger partial charge in [-0.3, -0.25) is 4.79 Å². The van der Waals surface area contributed by atoms with Crippen LogP contribution in [-0.2, 0) is 11.2 Å². The third-order valence-electron chi connectivity index (χ3n) is 4.11. The molecule has 1 aromatic rings. The summed E-state index contributed by atoms with van der Waals surface area (Å²) in [5.41, 5.74) is 6.85. The van der Waals surface area contributed by atoms with Gasteiger partial charge in [-0.25, -0.2) is 0 Å². The second-order valence-electron chi connectivity index (χ2n) is 6.11. The maximum atomic E-state index is 12.2. The zero-order valence-electron chi connectivity index (χ0n) is 12.1. The molecule has 0 heterocycles. The second kappa shape index (κ2) is 6.27. The fourth-order valence-corrected chi connectivity index (χ4v) is 3.19. The fourth-order valence-electron chi connectivity index (χ4n) is 3.19. The van der Waals surface area contributed by atoms with Crippen molar-refractivity contribution in [3.8, 4) is 0 Å². The van der Waals surface area contributed by atoms with Gasteiger partial charge in [-0.2, -0.15) is 0 Å². The van der Waals surface area contributed by atoms with Crippen LogP contribution in [0.3, 0.4) is 0 Å². The van der Waals surface area contributed by atoms with E-state index in [0.717, 1.165) is 24.8 Å². The topological polar surface area (TPSA) is 75.3 Å². The van der Waals surface area contributed by atoms with E-state index in [4.69, 9.17) is 5.73 Å². The van der Waals surface area contributed by atoms with Crippen molar-refractivity contribution in [3.05, 3.63) is 29.8 Å². The molecule has 4 nitrogen and oxygen atoms in total. The molecule has 1 amide bonds. The molecule has 20 heavy (non-hydrogen) atoms. The Bertz CT molecular complexity index is 475. The largest absolute Gasteiger partial charge is 0.399 e. The van der Waals surface area contributed by atoms with Crippen molar-refractivity contribution in [2.45, 2.75) is 44.6 Å². The van der Waals surface area contributed by atoms with Gasteiger partial charge >= 0.3 is 0 Å². The van der Waals surface area contributed by atoms with Gasteiger partial charge in [0, 0.05) is 5.69 Å². The zero-order valence-corrected chi connectivity index (χ0v) is 12.1. The lowest BCUT2D eigenvalue weighted by Gasteiger charge is -2.39. The number of carbonyl (C=O) groups is 1. The Kier molecular flexibility index (Phi) is 4.65. The summed E-state index contributed by atoms with van der Waals surface area (Å²) in [6, 6.07) is 7.36. The number of carbonyl (C=O) groups excluding carboxylic acids is 1. The molecule has 1 saturated carbocycles. The fraction of sp³-hybridized carbons (Fsp3) is 0.562. The van der Waals surface area contributed by atoms with E-state index in [1.165, 1.54) is 6.42 Å². The number of hydrogen-bond acceptors (Lipinski definition) is 3. The number of nitrogens with two attached hydrogens (primary N) is 1. The maximum absolute atomic E-state index is 12.2. The molecule has 0 spiro atoms. The van der Waals surface area contributed by atoms with Gasteiger partial charge in [-0.05, 0) is 36.5 Å². The van der Waals surface area contributed by atoms with Crippen LogP contribution < -0.4 is 11.1 Å². The molecule has 0 bridgehead atoms. The van der Waals surface area contributed by atoms with E-state index in [1.807, 2.05) is 18.2 Å². The summed E-state index contributed by atoms with van der Waals surface area (Å²) in [5, 5.41) is 12.7. The molecule has 1 aliphatic rings. The molecule has 0 radical (unpaired) electrons. The maximum Gasteiger partial charge on any atom is 0.224 e. The van der Waals surface area contributed by atoms with Crippen LogP contribution in [0.1, 0.15) is 38.2 Å². The van der Waals surface area contributed by atoms with Gasteiger partial charge in [0.15, 0.2) is 0 Å². The number of anilines is 1. The lowest BCUT2D eigenvalue weighted by molar-refractivity contribution is -0.123. The molecule has 1 fully saturated rings.